The van der Waals surface area contributed by atoms with Gasteiger partial charge in [0.2, 0.25) is 10.0 Å². The Morgan fingerprint density at radius 1 is 1.25 bits per heavy atom. The predicted octanol–water partition coefficient (Wildman–Crippen LogP) is 0.0900. The molecule has 0 aromatic heterocycles. The highest BCUT2D eigenvalue weighted by Gasteiger charge is 2.29. The summed E-state index contributed by atoms with van der Waals surface area (Å²) >= 11 is 0. The molecule has 1 aliphatic heterocycles. The van der Waals surface area contributed by atoms with Gasteiger partial charge in [0.25, 0.3) is 0 Å². The predicted molar refractivity (Wildman–Crippen MR) is 77.1 cm³/mol. The van der Waals surface area contributed by atoms with Crippen LogP contribution in [0.5, 0.6) is 5.75 Å². The van der Waals surface area contributed by atoms with Crippen molar-refractivity contribution in [3.05, 3.63) is 23.8 Å². The molecule has 0 spiro atoms. The Balaban J connectivity index is 2.34. The number of benzene rings is 1. The van der Waals surface area contributed by atoms with Crippen LogP contribution < -0.4 is 10.5 Å². The average Bonchev–Trinajstić information content (AvgIpc) is 2.46. The van der Waals surface area contributed by atoms with E-state index in [1.165, 1.54) is 11.4 Å². The van der Waals surface area contributed by atoms with Crippen LogP contribution in [0.3, 0.4) is 0 Å². The van der Waals surface area contributed by atoms with Gasteiger partial charge in [0.05, 0.1) is 7.11 Å². The number of hydrogen-bond acceptors (Lipinski definition) is 5. The number of nitrogens with zero attached hydrogens (tertiary/aromatic N) is 2. The number of likely N-dealkylation sites (N-methyl/N-ethyl adjacent to an activating group) is 1. The van der Waals surface area contributed by atoms with Crippen molar-refractivity contribution in [2.24, 2.45) is 5.73 Å². The molecule has 1 aliphatic rings. The highest BCUT2D eigenvalue weighted by atomic mass is 32.2. The minimum Gasteiger partial charge on any atom is -0.495 e. The van der Waals surface area contributed by atoms with E-state index >= 15 is 0 Å². The van der Waals surface area contributed by atoms with Crippen LogP contribution in [0.15, 0.2) is 23.1 Å². The zero-order valence-electron chi connectivity index (χ0n) is 11.9. The summed E-state index contributed by atoms with van der Waals surface area (Å²) in [5, 5.41) is 0. The first-order valence-corrected chi connectivity index (χ1v) is 7.98. The van der Waals surface area contributed by atoms with Gasteiger partial charge in [-0.15, -0.1) is 0 Å². The zero-order chi connectivity index (χ0) is 14.8. The van der Waals surface area contributed by atoms with Gasteiger partial charge in [-0.1, -0.05) is 6.07 Å². The van der Waals surface area contributed by atoms with Gasteiger partial charge in [-0.25, -0.2) is 8.42 Å². The minimum absolute atomic E-state index is 0.210. The first-order valence-electron chi connectivity index (χ1n) is 6.54. The molecule has 1 aromatic rings. The van der Waals surface area contributed by atoms with Gasteiger partial charge in [0.15, 0.2) is 0 Å². The Kier molecular flexibility index (Phi) is 4.64. The lowest BCUT2D eigenvalue weighted by atomic mass is 10.2. The smallest absolute Gasteiger partial charge is 0.246 e. The number of methoxy groups -OCH3 is 1. The number of nitrogens with two attached hydrogens (primary N) is 1. The highest BCUT2D eigenvalue weighted by Crippen LogP contribution is 2.28. The molecule has 0 saturated carbocycles. The van der Waals surface area contributed by atoms with Gasteiger partial charge in [0, 0.05) is 32.7 Å². The van der Waals surface area contributed by atoms with E-state index in [1.807, 2.05) is 7.05 Å². The van der Waals surface area contributed by atoms with Crippen LogP contribution in [-0.2, 0) is 16.6 Å². The molecule has 1 fully saturated rings. The van der Waals surface area contributed by atoms with E-state index in [2.05, 4.69) is 4.90 Å². The molecular formula is C13H21N3O3S. The fourth-order valence-corrected chi connectivity index (χ4v) is 3.78. The summed E-state index contributed by atoms with van der Waals surface area (Å²) in [6.07, 6.45) is 0. The molecule has 1 heterocycles. The van der Waals surface area contributed by atoms with Crippen LogP contribution >= 0.6 is 0 Å². The lowest BCUT2D eigenvalue weighted by molar-refractivity contribution is 0.222. The summed E-state index contributed by atoms with van der Waals surface area (Å²) in [6, 6.07) is 4.99. The van der Waals surface area contributed by atoms with E-state index in [9.17, 15) is 8.42 Å². The van der Waals surface area contributed by atoms with Gasteiger partial charge in [0.1, 0.15) is 10.6 Å². The van der Waals surface area contributed by atoms with E-state index in [0.717, 1.165) is 18.7 Å². The number of piperazine rings is 1. The monoisotopic (exact) mass is 299 g/mol. The van der Waals surface area contributed by atoms with Crippen molar-refractivity contribution >= 4 is 10.0 Å². The molecule has 0 amide bonds. The summed E-state index contributed by atoms with van der Waals surface area (Å²) in [5.41, 5.74) is 6.42. The van der Waals surface area contributed by atoms with Crippen molar-refractivity contribution < 1.29 is 13.2 Å². The maximum absolute atomic E-state index is 12.7. The molecule has 2 rings (SSSR count). The van der Waals surface area contributed by atoms with Crippen molar-refractivity contribution in [1.82, 2.24) is 9.21 Å². The first-order chi connectivity index (χ1) is 9.48. The number of hydrogen-bond donors (Lipinski definition) is 1. The molecule has 2 N–H and O–H groups in total. The molecule has 112 valence electrons. The van der Waals surface area contributed by atoms with Crippen LogP contribution in [0, 0.1) is 0 Å². The van der Waals surface area contributed by atoms with E-state index in [0.29, 0.717) is 25.4 Å². The molecule has 0 bridgehead atoms. The Bertz CT molecular complexity index is 566. The van der Waals surface area contributed by atoms with Crippen molar-refractivity contribution in [1.29, 1.82) is 0 Å². The van der Waals surface area contributed by atoms with Gasteiger partial charge >= 0.3 is 0 Å². The van der Waals surface area contributed by atoms with Crippen LogP contribution in [-0.4, -0.2) is 58.0 Å². The third-order valence-corrected chi connectivity index (χ3v) is 5.48. The van der Waals surface area contributed by atoms with Gasteiger partial charge in [-0.2, -0.15) is 4.31 Å². The summed E-state index contributed by atoms with van der Waals surface area (Å²) in [7, 11) is -0.0548. The molecule has 0 atom stereocenters. The molecule has 1 aromatic carbocycles. The van der Waals surface area contributed by atoms with E-state index < -0.39 is 10.0 Å². The third kappa shape index (κ3) is 2.95. The fraction of sp³-hybridized carbons (Fsp3) is 0.538. The molecule has 20 heavy (non-hydrogen) atoms. The number of sulfonamides is 1. The second-order valence-electron chi connectivity index (χ2n) is 4.90. The highest BCUT2D eigenvalue weighted by molar-refractivity contribution is 7.89. The summed E-state index contributed by atoms with van der Waals surface area (Å²) < 4.78 is 32.1. The largest absolute Gasteiger partial charge is 0.495 e. The topological polar surface area (TPSA) is 75.9 Å². The standard InChI is InChI=1S/C13H21N3O3S/c1-15-5-7-16(8-6-15)20(17,18)13-4-3-11(10-14)9-12(13)19-2/h3-4,9H,5-8,10,14H2,1-2H3. The van der Waals surface area contributed by atoms with Gasteiger partial charge in [-0.05, 0) is 24.7 Å². The Labute approximate surface area is 120 Å². The van der Waals surface area contributed by atoms with Crippen LogP contribution in [0.2, 0.25) is 0 Å². The second kappa shape index (κ2) is 6.09. The maximum Gasteiger partial charge on any atom is 0.246 e. The van der Waals surface area contributed by atoms with E-state index in [-0.39, 0.29) is 4.90 Å². The normalized spacial score (nSPS) is 18.1. The summed E-state index contributed by atoms with van der Waals surface area (Å²) in [5.74, 6) is 0.354. The quantitative estimate of drug-likeness (QED) is 0.853. The average molecular weight is 299 g/mol. The molecule has 6 nitrogen and oxygen atoms in total. The van der Waals surface area contributed by atoms with Crippen molar-refractivity contribution in [3.63, 3.8) is 0 Å². The summed E-state index contributed by atoms with van der Waals surface area (Å²) in [6.45, 7) is 2.83. The van der Waals surface area contributed by atoms with Crippen molar-refractivity contribution in [2.75, 3.05) is 40.3 Å². The molecule has 7 heteroatoms. The Hall–Kier alpha value is -1.15. The van der Waals surface area contributed by atoms with Gasteiger partial charge < -0.3 is 15.4 Å². The van der Waals surface area contributed by atoms with Crippen LogP contribution in [0.4, 0.5) is 0 Å². The lowest BCUT2D eigenvalue weighted by Crippen LogP contribution is -2.47. The minimum atomic E-state index is -3.51. The van der Waals surface area contributed by atoms with Crippen LogP contribution in [0.1, 0.15) is 5.56 Å². The maximum atomic E-state index is 12.7. The molecule has 0 aliphatic carbocycles. The molecule has 1 saturated heterocycles. The van der Waals surface area contributed by atoms with Gasteiger partial charge in [-0.3, -0.25) is 0 Å². The lowest BCUT2D eigenvalue weighted by Gasteiger charge is -2.31. The van der Waals surface area contributed by atoms with Crippen molar-refractivity contribution in [2.45, 2.75) is 11.4 Å². The molecular weight excluding hydrogens is 278 g/mol. The fourth-order valence-electron chi connectivity index (χ4n) is 2.22. The number of ether oxygens (including phenoxy) is 1. The van der Waals surface area contributed by atoms with Crippen molar-refractivity contribution in [3.8, 4) is 5.75 Å². The summed E-state index contributed by atoms with van der Waals surface area (Å²) in [4.78, 5) is 2.32. The zero-order valence-corrected chi connectivity index (χ0v) is 12.7. The first kappa shape index (κ1) is 15.2. The third-order valence-electron chi connectivity index (χ3n) is 3.54. The number of rotatable bonds is 4. The second-order valence-corrected chi connectivity index (χ2v) is 6.80. The molecule has 0 unspecified atom stereocenters. The van der Waals surface area contributed by atoms with Crippen LogP contribution in [0.25, 0.3) is 0 Å². The molecule has 0 radical (unpaired) electrons. The van der Waals surface area contributed by atoms with E-state index in [1.54, 1.807) is 18.2 Å². The van der Waals surface area contributed by atoms with E-state index in [4.69, 9.17) is 10.5 Å². The Morgan fingerprint density at radius 2 is 1.90 bits per heavy atom. The Morgan fingerprint density at radius 3 is 2.45 bits per heavy atom. The SMILES string of the molecule is COc1cc(CN)ccc1S(=O)(=O)N1CCN(C)CC1.